The molecular formula is C7H8FNS. The highest BCUT2D eigenvalue weighted by molar-refractivity contribution is 7.08. The van der Waals surface area contributed by atoms with Gasteiger partial charge in [-0.15, -0.1) is 17.9 Å². The summed E-state index contributed by atoms with van der Waals surface area (Å²) in [5, 5.41) is 3.13. The Bertz CT molecular complexity index is 231. The highest BCUT2D eigenvalue weighted by Gasteiger charge is 2.07. The van der Waals surface area contributed by atoms with E-state index >= 15 is 0 Å². The van der Waals surface area contributed by atoms with Gasteiger partial charge in [0.2, 0.25) is 0 Å². The van der Waals surface area contributed by atoms with Crippen LogP contribution in [0.1, 0.15) is 11.6 Å². The lowest BCUT2D eigenvalue weighted by Crippen LogP contribution is -2.06. The minimum Gasteiger partial charge on any atom is -0.321 e. The van der Waals surface area contributed by atoms with E-state index in [4.69, 9.17) is 5.73 Å². The Balaban J connectivity index is 2.92. The first-order chi connectivity index (χ1) is 4.75. The van der Waals surface area contributed by atoms with Gasteiger partial charge in [-0.3, -0.25) is 0 Å². The number of rotatable bonds is 2. The van der Waals surface area contributed by atoms with Crippen LogP contribution in [0.15, 0.2) is 23.4 Å². The molecule has 1 aromatic rings. The predicted octanol–water partition coefficient (Wildman–Crippen LogP) is 2.07. The number of hydrogen-bond donors (Lipinski definition) is 1. The van der Waals surface area contributed by atoms with Crippen molar-refractivity contribution in [3.05, 3.63) is 34.8 Å². The van der Waals surface area contributed by atoms with Crippen LogP contribution < -0.4 is 5.73 Å². The van der Waals surface area contributed by atoms with E-state index in [0.29, 0.717) is 5.56 Å². The summed E-state index contributed by atoms with van der Waals surface area (Å²) < 4.78 is 12.7. The predicted molar refractivity (Wildman–Crippen MR) is 41.4 cm³/mol. The molecule has 0 saturated heterocycles. The minimum atomic E-state index is -0.369. The summed E-state index contributed by atoms with van der Waals surface area (Å²) >= 11 is 1.31. The molecule has 0 spiro atoms. The van der Waals surface area contributed by atoms with Crippen LogP contribution in [-0.2, 0) is 0 Å². The highest BCUT2D eigenvalue weighted by atomic mass is 32.1. The van der Waals surface area contributed by atoms with Gasteiger partial charge in [0, 0.05) is 10.9 Å². The van der Waals surface area contributed by atoms with Crippen molar-refractivity contribution in [3.63, 3.8) is 0 Å². The zero-order valence-corrected chi connectivity index (χ0v) is 6.20. The first-order valence-corrected chi connectivity index (χ1v) is 3.79. The summed E-state index contributed by atoms with van der Waals surface area (Å²) in [5.41, 5.74) is 6.02. The van der Waals surface area contributed by atoms with Crippen LogP contribution in [0.3, 0.4) is 0 Å². The summed E-state index contributed by atoms with van der Waals surface area (Å²) in [7, 11) is 0. The van der Waals surface area contributed by atoms with Crippen LogP contribution in [0.2, 0.25) is 0 Å². The normalized spacial score (nSPS) is 13.0. The Hall–Kier alpha value is -0.670. The van der Waals surface area contributed by atoms with Crippen molar-refractivity contribution in [2.75, 3.05) is 0 Å². The van der Waals surface area contributed by atoms with Gasteiger partial charge < -0.3 is 5.73 Å². The molecule has 3 heteroatoms. The molecule has 0 aliphatic carbocycles. The van der Waals surface area contributed by atoms with Gasteiger partial charge in [-0.1, -0.05) is 6.08 Å². The Morgan fingerprint density at radius 2 is 2.40 bits per heavy atom. The van der Waals surface area contributed by atoms with Gasteiger partial charge in [-0.05, 0) is 5.38 Å². The molecule has 1 nitrogen and oxygen atoms in total. The molecule has 0 aliphatic rings. The topological polar surface area (TPSA) is 26.0 Å². The Morgan fingerprint density at radius 1 is 1.70 bits per heavy atom. The van der Waals surface area contributed by atoms with Crippen molar-refractivity contribution < 1.29 is 4.39 Å². The van der Waals surface area contributed by atoms with Gasteiger partial charge in [-0.2, -0.15) is 0 Å². The molecule has 0 saturated carbocycles. The number of thiophene rings is 1. The van der Waals surface area contributed by atoms with Crippen LogP contribution in [0.4, 0.5) is 4.39 Å². The second kappa shape index (κ2) is 2.94. The van der Waals surface area contributed by atoms with E-state index in [9.17, 15) is 4.39 Å². The molecular weight excluding hydrogens is 149 g/mol. The van der Waals surface area contributed by atoms with Crippen LogP contribution in [-0.4, -0.2) is 0 Å². The smallest absolute Gasteiger partial charge is 0.138 e. The van der Waals surface area contributed by atoms with Crippen molar-refractivity contribution in [1.82, 2.24) is 0 Å². The standard InChI is InChI=1S/C7H8FNS/c1-2-7(9)5-3-10-4-6(5)8/h2-4,7H,1,9H2/t7-/m1/s1. The summed E-state index contributed by atoms with van der Waals surface area (Å²) in [4.78, 5) is 0. The second-order valence-corrected chi connectivity index (χ2v) is 2.68. The quantitative estimate of drug-likeness (QED) is 0.653. The summed E-state index contributed by atoms with van der Waals surface area (Å²) in [6.07, 6.45) is 1.52. The van der Waals surface area contributed by atoms with Crippen molar-refractivity contribution >= 4 is 11.3 Å². The highest BCUT2D eigenvalue weighted by Crippen LogP contribution is 2.19. The molecule has 2 N–H and O–H groups in total. The third-order valence-electron chi connectivity index (χ3n) is 1.26. The molecule has 1 aromatic heterocycles. The van der Waals surface area contributed by atoms with E-state index in [0.717, 1.165) is 0 Å². The average molecular weight is 157 g/mol. The Morgan fingerprint density at radius 3 is 2.80 bits per heavy atom. The zero-order chi connectivity index (χ0) is 7.56. The van der Waals surface area contributed by atoms with Gasteiger partial charge in [0.05, 0.1) is 6.04 Å². The maximum absolute atomic E-state index is 12.7. The zero-order valence-electron chi connectivity index (χ0n) is 5.38. The monoisotopic (exact) mass is 157 g/mol. The van der Waals surface area contributed by atoms with Crippen molar-refractivity contribution in [2.45, 2.75) is 6.04 Å². The molecule has 0 aliphatic heterocycles. The van der Waals surface area contributed by atoms with Crippen LogP contribution in [0, 0.1) is 5.82 Å². The first-order valence-electron chi connectivity index (χ1n) is 2.85. The molecule has 0 unspecified atom stereocenters. The molecule has 0 radical (unpaired) electrons. The Labute approximate surface area is 63.0 Å². The fraction of sp³-hybridized carbons (Fsp3) is 0.143. The van der Waals surface area contributed by atoms with Crippen LogP contribution in [0.25, 0.3) is 0 Å². The fourth-order valence-electron chi connectivity index (χ4n) is 0.656. The molecule has 1 rings (SSSR count). The first kappa shape index (κ1) is 7.44. The lowest BCUT2D eigenvalue weighted by Gasteiger charge is -2.01. The van der Waals surface area contributed by atoms with Crippen LogP contribution >= 0.6 is 11.3 Å². The third-order valence-corrected chi connectivity index (χ3v) is 1.99. The van der Waals surface area contributed by atoms with Gasteiger partial charge >= 0.3 is 0 Å². The SMILES string of the molecule is C=C[C@@H](N)c1cscc1F. The molecule has 54 valence electrons. The summed E-state index contributed by atoms with van der Waals surface area (Å²) in [6.45, 7) is 3.47. The average Bonchev–Trinajstić information content (AvgIpc) is 2.34. The molecule has 10 heavy (non-hydrogen) atoms. The Kier molecular flexibility index (Phi) is 2.19. The molecule has 0 aromatic carbocycles. The van der Waals surface area contributed by atoms with E-state index in [-0.39, 0.29) is 11.9 Å². The maximum atomic E-state index is 12.7. The van der Waals surface area contributed by atoms with Gasteiger partial charge in [0.25, 0.3) is 0 Å². The molecule has 0 amide bonds. The number of nitrogens with two attached hydrogens (primary N) is 1. The van der Waals surface area contributed by atoms with Gasteiger partial charge in [-0.25, -0.2) is 4.39 Å². The molecule has 1 heterocycles. The molecule has 0 bridgehead atoms. The van der Waals surface area contributed by atoms with Crippen LogP contribution in [0.5, 0.6) is 0 Å². The van der Waals surface area contributed by atoms with Crippen molar-refractivity contribution in [1.29, 1.82) is 0 Å². The summed E-state index contributed by atoms with van der Waals surface area (Å²) in [5.74, 6) is -0.239. The molecule has 0 fully saturated rings. The second-order valence-electron chi connectivity index (χ2n) is 1.94. The van der Waals surface area contributed by atoms with Gasteiger partial charge in [0.15, 0.2) is 0 Å². The van der Waals surface area contributed by atoms with Crippen molar-refractivity contribution in [2.24, 2.45) is 5.73 Å². The maximum Gasteiger partial charge on any atom is 0.138 e. The van der Waals surface area contributed by atoms with E-state index in [1.54, 1.807) is 5.38 Å². The summed E-state index contributed by atoms with van der Waals surface area (Å²) in [6, 6.07) is -0.369. The lowest BCUT2D eigenvalue weighted by atomic mass is 10.1. The lowest BCUT2D eigenvalue weighted by molar-refractivity contribution is 0.609. The van der Waals surface area contributed by atoms with Crippen molar-refractivity contribution in [3.8, 4) is 0 Å². The molecule has 1 atom stereocenters. The number of halogens is 1. The van der Waals surface area contributed by atoms with E-state index in [2.05, 4.69) is 6.58 Å². The van der Waals surface area contributed by atoms with E-state index < -0.39 is 0 Å². The van der Waals surface area contributed by atoms with E-state index in [1.165, 1.54) is 22.8 Å². The largest absolute Gasteiger partial charge is 0.321 e. The fourth-order valence-corrected chi connectivity index (χ4v) is 1.40. The van der Waals surface area contributed by atoms with E-state index in [1.807, 2.05) is 0 Å². The van der Waals surface area contributed by atoms with Gasteiger partial charge in [0.1, 0.15) is 5.82 Å². The third kappa shape index (κ3) is 1.25. The number of hydrogen-bond acceptors (Lipinski definition) is 2. The minimum absolute atomic E-state index is 0.239.